The van der Waals surface area contributed by atoms with Crippen molar-refractivity contribution in [2.75, 3.05) is 13.2 Å². The molecule has 0 radical (unpaired) electrons. The van der Waals surface area contributed by atoms with Crippen LogP contribution in [-0.4, -0.2) is 104 Å². The number of carboxylic acids is 1. The summed E-state index contributed by atoms with van der Waals surface area (Å²) in [6, 6.07) is -5.65. The highest BCUT2D eigenvalue weighted by atomic mass is 16.4. The molecule has 0 aliphatic heterocycles. The molecular formula is C20H32N8O9. The number of aliphatic hydroxyl groups excluding tert-OH is 2. The number of aromatic amines is 1. The largest absolute Gasteiger partial charge is 0.480 e. The lowest BCUT2D eigenvalue weighted by Crippen LogP contribution is -2.58. The van der Waals surface area contributed by atoms with Gasteiger partial charge in [0.05, 0.1) is 37.3 Å². The van der Waals surface area contributed by atoms with Crippen LogP contribution in [0.4, 0.5) is 0 Å². The summed E-state index contributed by atoms with van der Waals surface area (Å²) in [6.07, 6.45) is 0.917. The summed E-state index contributed by atoms with van der Waals surface area (Å²) in [5.74, 6) is -5.94. The van der Waals surface area contributed by atoms with E-state index in [4.69, 9.17) is 16.6 Å². The van der Waals surface area contributed by atoms with Crippen LogP contribution in [0.5, 0.6) is 0 Å². The number of nitrogens with zero attached hydrogens (tertiary/aromatic N) is 1. The molecule has 0 aromatic carbocycles. The van der Waals surface area contributed by atoms with E-state index >= 15 is 0 Å². The number of hydrogen-bond donors (Lipinski definition) is 10. The molecule has 1 aromatic heterocycles. The molecule has 12 N–H and O–H groups in total. The van der Waals surface area contributed by atoms with Gasteiger partial charge in [0.1, 0.15) is 12.1 Å². The molecule has 0 spiro atoms. The van der Waals surface area contributed by atoms with Crippen molar-refractivity contribution in [3.05, 3.63) is 18.2 Å². The second-order valence-corrected chi connectivity index (χ2v) is 8.02. The number of nitrogens with two attached hydrogens (primary N) is 2. The highest BCUT2D eigenvalue weighted by molar-refractivity contribution is 5.94. The van der Waals surface area contributed by atoms with Crippen LogP contribution < -0.4 is 32.7 Å². The number of nitrogens with one attached hydrogen (secondary N) is 5. The number of hydrogen-bond acceptors (Lipinski definition) is 10. The summed E-state index contributed by atoms with van der Waals surface area (Å²) in [7, 11) is 0. The maximum Gasteiger partial charge on any atom is 0.328 e. The molecule has 0 unspecified atom stereocenters. The number of H-pyrrole nitrogens is 1. The van der Waals surface area contributed by atoms with Gasteiger partial charge in [-0.15, -0.1) is 0 Å². The zero-order valence-electron chi connectivity index (χ0n) is 20.0. The molecule has 1 rings (SSSR count). The first-order valence-corrected chi connectivity index (χ1v) is 11.1. The summed E-state index contributed by atoms with van der Waals surface area (Å²) in [5, 5.41) is 36.7. The number of aliphatic carboxylic acids is 1. The van der Waals surface area contributed by atoms with Gasteiger partial charge in [0, 0.05) is 19.0 Å². The lowest BCUT2D eigenvalue weighted by molar-refractivity contribution is -0.144. The Hall–Kier alpha value is -4.09. The standard InChI is InChI=1S/C20H32N8O9/c1-9(30)16(20(36)37)28-15(32)6-24-18(34)12(2-3-14(22)31)26-19(35)13(7-29)27-17(33)11(21)4-10-5-23-8-25-10/h5,8-9,11-13,16,29-30H,2-4,6-7,21H2,1H3,(H2,22,31)(H,23,25)(H,24,34)(H,26,35)(H,27,33)(H,28,32)(H,36,37)/t9-,11+,12+,13+,16+/m1/s1. The Labute approximate surface area is 210 Å². The van der Waals surface area contributed by atoms with Crippen molar-refractivity contribution in [3.8, 4) is 0 Å². The fourth-order valence-electron chi connectivity index (χ4n) is 2.92. The van der Waals surface area contributed by atoms with Gasteiger partial charge in [0.15, 0.2) is 6.04 Å². The SMILES string of the molecule is C[C@@H](O)[C@H](NC(=O)CNC(=O)[C@H](CCC(N)=O)NC(=O)[C@H](CO)NC(=O)[C@@H](N)Cc1c[nH]cn1)C(=O)O. The molecule has 17 heteroatoms. The molecule has 0 aliphatic rings. The van der Waals surface area contributed by atoms with E-state index in [0.717, 1.165) is 6.92 Å². The second kappa shape index (κ2) is 15.1. The van der Waals surface area contributed by atoms with Crippen molar-refractivity contribution >= 4 is 35.5 Å². The average molecular weight is 529 g/mol. The van der Waals surface area contributed by atoms with Gasteiger partial charge < -0.3 is 53.0 Å². The molecule has 0 saturated heterocycles. The predicted octanol–water partition coefficient (Wildman–Crippen LogP) is -5.43. The first kappa shape index (κ1) is 30.9. The monoisotopic (exact) mass is 528 g/mol. The Balaban J connectivity index is 2.77. The second-order valence-electron chi connectivity index (χ2n) is 8.02. The molecule has 0 bridgehead atoms. The first-order chi connectivity index (χ1) is 17.3. The summed E-state index contributed by atoms with van der Waals surface area (Å²) in [4.78, 5) is 78.4. The molecule has 0 saturated carbocycles. The van der Waals surface area contributed by atoms with Crippen LogP contribution in [0.25, 0.3) is 0 Å². The maximum atomic E-state index is 12.6. The lowest BCUT2D eigenvalue weighted by Gasteiger charge is -2.23. The van der Waals surface area contributed by atoms with Crippen molar-refractivity contribution in [1.29, 1.82) is 0 Å². The normalized spacial score (nSPS) is 14.8. The van der Waals surface area contributed by atoms with Gasteiger partial charge in [-0.25, -0.2) is 9.78 Å². The number of aliphatic hydroxyl groups is 2. The average Bonchev–Trinajstić information content (AvgIpc) is 3.34. The third-order valence-corrected chi connectivity index (χ3v) is 4.94. The van der Waals surface area contributed by atoms with Crippen LogP contribution in [0, 0.1) is 0 Å². The van der Waals surface area contributed by atoms with Crippen LogP contribution in [0.1, 0.15) is 25.5 Å². The molecular weight excluding hydrogens is 496 g/mol. The van der Waals surface area contributed by atoms with Gasteiger partial charge in [-0.1, -0.05) is 0 Å². The van der Waals surface area contributed by atoms with E-state index < -0.39 is 78.9 Å². The van der Waals surface area contributed by atoms with E-state index in [1.165, 1.54) is 12.5 Å². The number of amides is 5. The highest BCUT2D eigenvalue weighted by Gasteiger charge is 2.29. The Bertz CT molecular complexity index is 954. The van der Waals surface area contributed by atoms with Crippen LogP contribution >= 0.6 is 0 Å². The fourth-order valence-corrected chi connectivity index (χ4v) is 2.92. The number of primary amides is 1. The van der Waals surface area contributed by atoms with Gasteiger partial charge in [-0.05, 0) is 13.3 Å². The number of aromatic nitrogens is 2. The van der Waals surface area contributed by atoms with Crippen LogP contribution in [-0.2, 0) is 35.2 Å². The molecule has 206 valence electrons. The number of carboxylic acid groups (broad SMARTS) is 1. The minimum absolute atomic E-state index is 0.0403. The molecule has 37 heavy (non-hydrogen) atoms. The van der Waals surface area contributed by atoms with E-state index in [9.17, 15) is 39.0 Å². The lowest BCUT2D eigenvalue weighted by atomic mass is 10.1. The van der Waals surface area contributed by atoms with Crippen molar-refractivity contribution in [3.63, 3.8) is 0 Å². The maximum absolute atomic E-state index is 12.6. The molecule has 0 fully saturated rings. The molecule has 17 nitrogen and oxygen atoms in total. The Morgan fingerprint density at radius 1 is 1.05 bits per heavy atom. The van der Waals surface area contributed by atoms with Crippen molar-refractivity contribution in [1.82, 2.24) is 31.2 Å². The predicted molar refractivity (Wildman–Crippen MR) is 124 cm³/mol. The minimum atomic E-state index is -1.62. The number of carbonyl (C=O) groups is 6. The van der Waals surface area contributed by atoms with Crippen LogP contribution in [0.15, 0.2) is 12.5 Å². The smallest absolute Gasteiger partial charge is 0.328 e. The number of rotatable bonds is 16. The van der Waals surface area contributed by atoms with E-state index in [-0.39, 0.29) is 19.3 Å². The fraction of sp³-hybridized carbons (Fsp3) is 0.550. The first-order valence-electron chi connectivity index (χ1n) is 11.1. The highest BCUT2D eigenvalue weighted by Crippen LogP contribution is 2.01. The van der Waals surface area contributed by atoms with E-state index in [2.05, 4.69) is 25.9 Å². The van der Waals surface area contributed by atoms with Gasteiger partial charge >= 0.3 is 5.97 Å². The van der Waals surface area contributed by atoms with Gasteiger partial charge in [-0.2, -0.15) is 0 Å². The van der Waals surface area contributed by atoms with Crippen molar-refractivity contribution in [2.24, 2.45) is 11.5 Å². The van der Waals surface area contributed by atoms with Gasteiger partial charge in [0.25, 0.3) is 0 Å². The van der Waals surface area contributed by atoms with Gasteiger partial charge in [0.2, 0.25) is 29.5 Å². The topological polar surface area (TPSA) is 292 Å². The summed E-state index contributed by atoms with van der Waals surface area (Å²) in [5.41, 5.74) is 11.4. The minimum Gasteiger partial charge on any atom is -0.480 e. The number of imidazole rings is 1. The number of carbonyl (C=O) groups excluding carboxylic acids is 5. The third kappa shape index (κ3) is 11.0. The molecule has 0 aliphatic carbocycles. The van der Waals surface area contributed by atoms with E-state index in [0.29, 0.717) is 5.69 Å². The summed E-state index contributed by atoms with van der Waals surface area (Å²) < 4.78 is 0. The molecule has 5 amide bonds. The quantitative estimate of drug-likeness (QED) is 0.0965. The van der Waals surface area contributed by atoms with E-state index in [1.54, 1.807) is 0 Å². The summed E-state index contributed by atoms with van der Waals surface area (Å²) >= 11 is 0. The van der Waals surface area contributed by atoms with E-state index in [1.807, 2.05) is 5.32 Å². The van der Waals surface area contributed by atoms with Crippen molar-refractivity contribution < 1.29 is 44.1 Å². The van der Waals surface area contributed by atoms with Gasteiger partial charge in [-0.3, -0.25) is 24.0 Å². The molecule has 1 aromatic rings. The van der Waals surface area contributed by atoms with Crippen molar-refractivity contribution in [2.45, 2.75) is 56.5 Å². The molecule has 5 atom stereocenters. The van der Waals surface area contributed by atoms with Crippen LogP contribution in [0.3, 0.4) is 0 Å². The Kier molecular flexibility index (Phi) is 12.6. The third-order valence-electron chi connectivity index (χ3n) is 4.94. The molecule has 1 heterocycles. The zero-order chi connectivity index (χ0) is 28.1. The Morgan fingerprint density at radius 3 is 2.22 bits per heavy atom. The zero-order valence-corrected chi connectivity index (χ0v) is 20.0. The summed E-state index contributed by atoms with van der Waals surface area (Å²) in [6.45, 7) is -0.427. The Morgan fingerprint density at radius 2 is 1.70 bits per heavy atom. The van der Waals surface area contributed by atoms with Crippen LogP contribution in [0.2, 0.25) is 0 Å².